The molecule has 2 aliphatic heterocycles. The Balaban J connectivity index is 1.88. The lowest BCUT2D eigenvalue weighted by atomic mass is 9.93. The van der Waals surface area contributed by atoms with Crippen LogP contribution in [0, 0.1) is 0 Å². The zero-order valence-corrected chi connectivity index (χ0v) is 11.7. The second kappa shape index (κ2) is 5.46. The summed E-state index contributed by atoms with van der Waals surface area (Å²) in [7, 11) is 0. The highest BCUT2D eigenvalue weighted by atomic mass is 32.2. The maximum atomic E-state index is 12.5. The van der Waals surface area contributed by atoms with E-state index in [1.165, 1.54) is 4.90 Å². The van der Waals surface area contributed by atoms with Crippen LogP contribution in [0.25, 0.3) is 0 Å². The van der Waals surface area contributed by atoms with E-state index >= 15 is 0 Å². The number of carbonyl (C=O) groups excluding carboxylic acids is 1. The summed E-state index contributed by atoms with van der Waals surface area (Å²) in [6.45, 7) is 0.384. The summed E-state index contributed by atoms with van der Waals surface area (Å²) in [5.74, 6) is 0.428. The first-order valence-corrected chi connectivity index (χ1v) is 7.73. The van der Waals surface area contributed by atoms with Crippen molar-refractivity contribution in [1.29, 1.82) is 0 Å². The minimum atomic E-state index is -0.932. The quantitative estimate of drug-likeness (QED) is 0.839. The fourth-order valence-corrected chi connectivity index (χ4v) is 3.66. The van der Waals surface area contributed by atoms with Crippen LogP contribution >= 0.6 is 11.8 Å². The molecular formula is C14H16N2O3S. The molecule has 5 nitrogen and oxygen atoms in total. The van der Waals surface area contributed by atoms with E-state index in [-0.39, 0.29) is 11.9 Å². The largest absolute Gasteiger partial charge is 0.480 e. The van der Waals surface area contributed by atoms with Crippen molar-refractivity contribution >= 4 is 23.6 Å². The van der Waals surface area contributed by atoms with Crippen molar-refractivity contribution in [1.82, 2.24) is 10.2 Å². The number of nitrogens with one attached hydrogen (secondary N) is 1. The van der Waals surface area contributed by atoms with Crippen LogP contribution in [0.4, 0.5) is 0 Å². The van der Waals surface area contributed by atoms with E-state index in [1.54, 1.807) is 11.8 Å². The van der Waals surface area contributed by atoms with E-state index in [9.17, 15) is 14.7 Å². The summed E-state index contributed by atoms with van der Waals surface area (Å²) in [6, 6.07) is 6.72. The first-order valence-electron chi connectivity index (χ1n) is 6.58. The Bertz CT molecular complexity index is 543. The first-order chi connectivity index (χ1) is 9.66. The van der Waals surface area contributed by atoms with Crippen LogP contribution in [0.1, 0.15) is 11.1 Å². The molecule has 0 radical (unpaired) electrons. The predicted octanol–water partition coefficient (Wildman–Crippen LogP) is 0.687. The van der Waals surface area contributed by atoms with E-state index in [2.05, 4.69) is 5.32 Å². The molecule has 0 aromatic heterocycles. The minimum Gasteiger partial charge on any atom is -0.480 e. The molecule has 0 bridgehead atoms. The third-order valence-corrected chi connectivity index (χ3v) is 4.77. The number of fused-ring (bicyclic) bond motifs is 1. The average Bonchev–Trinajstić information content (AvgIpc) is 2.99. The molecule has 2 N–H and O–H groups in total. The molecule has 2 unspecified atom stereocenters. The molecule has 1 fully saturated rings. The van der Waals surface area contributed by atoms with Gasteiger partial charge in [0.1, 0.15) is 6.04 Å². The predicted molar refractivity (Wildman–Crippen MR) is 76.4 cm³/mol. The number of nitrogens with zero attached hydrogens (tertiary/aromatic N) is 1. The number of hydrogen-bond acceptors (Lipinski definition) is 4. The number of rotatable bonds is 2. The van der Waals surface area contributed by atoms with Crippen LogP contribution in [-0.2, 0) is 22.6 Å². The number of hydrogen-bond donors (Lipinski definition) is 2. The van der Waals surface area contributed by atoms with E-state index in [0.29, 0.717) is 18.7 Å². The number of carboxylic acid groups (broad SMARTS) is 1. The van der Waals surface area contributed by atoms with E-state index in [4.69, 9.17) is 0 Å². The van der Waals surface area contributed by atoms with Gasteiger partial charge in [-0.05, 0) is 11.1 Å². The standard InChI is InChI=1S/C14H16N2O3S/c17-13(11-7-20-8-15-11)16-6-10-4-2-1-3-9(10)5-12(16)14(18)19/h1-4,11-12,15H,5-8H2,(H,18,19). The molecule has 106 valence electrons. The van der Waals surface area contributed by atoms with Gasteiger partial charge in [-0.3, -0.25) is 10.1 Å². The second-order valence-electron chi connectivity index (χ2n) is 5.06. The molecule has 2 atom stereocenters. The monoisotopic (exact) mass is 292 g/mol. The molecular weight excluding hydrogens is 276 g/mol. The SMILES string of the molecule is O=C(O)C1Cc2ccccc2CN1C(=O)C1CSCN1. The molecule has 0 spiro atoms. The lowest BCUT2D eigenvalue weighted by molar-refractivity contribution is -0.152. The highest BCUT2D eigenvalue weighted by Gasteiger charge is 2.38. The van der Waals surface area contributed by atoms with Gasteiger partial charge in [-0.25, -0.2) is 4.79 Å². The van der Waals surface area contributed by atoms with Gasteiger partial charge in [-0.2, -0.15) is 0 Å². The maximum absolute atomic E-state index is 12.5. The number of thioether (sulfide) groups is 1. The topological polar surface area (TPSA) is 69.6 Å². The Hall–Kier alpha value is -1.53. The molecule has 3 rings (SSSR count). The van der Waals surface area contributed by atoms with Gasteiger partial charge in [0.15, 0.2) is 0 Å². The van der Waals surface area contributed by atoms with Crippen molar-refractivity contribution in [3.05, 3.63) is 35.4 Å². The summed E-state index contributed by atoms with van der Waals surface area (Å²) in [6.07, 6.45) is 0.386. The molecule has 1 amide bonds. The summed E-state index contributed by atoms with van der Waals surface area (Å²) in [5, 5.41) is 12.5. The smallest absolute Gasteiger partial charge is 0.326 e. The van der Waals surface area contributed by atoms with Gasteiger partial charge in [-0.1, -0.05) is 24.3 Å². The fourth-order valence-electron chi connectivity index (χ4n) is 2.73. The van der Waals surface area contributed by atoms with Crippen LogP contribution in [0.5, 0.6) is 0 Å². The van der Waals surface area contributed by atoms with Crippen LogP contribution in [-0.4, -0.2) is 45.6 Å². The zero-order chi connectivity index (χ0) is 14.1. The Morgan fingerprint density at radius 2 is 2.05 bits per heavy atom. The van der Waals surface area contributed by atoms with Crippen LogP contribution in [0.3, 0.4) is 0 Å². The van der Waals surface area contributed by atoms with Gasteiger partial charge in [0.25, 0.3) is 0 Å². The summed E-state index contributed by atoms with van der Waals surface area (Å²) in [4.78, 5) is 25.5. The summed E-state index contributed by atoms with van der Waals surface area (Å²) in [5.41, 5.74) is 2.07. The number of carboxylic acids is 1. The zero-order valence-electron chi connectivity index (χ0n) is 10.9. The lowest BCUT2D eigenvalue weighted by Crippen LogP contribution is -2.54. The van der Waals surface area contributed by atoms with Gasteiger partial charge < -0.3 is 10.0 Å². The lowest BCUT2D eigenvalue weighted by Gasteiger charge is -2.35. The normalized spacial score (nSPS) is 25.3. The first kappa shape index (κ1) is 13.5. The van der Waals surface area contributed by atoms with Crippen molar-refractivity contribution in [3.63, 3.8) is 0 Å². The van der Waals surface area contributed by atoms with Crippen molar-refractivity contribution in [2.24, 2.45) is 0 Å². The molecule has 6 heteroatoms. The molecule has 1 aromatic carbocycles. The van der Waals surface area contributed by atoms with Gasteiger partial charge in [0, 0.05) is 24.6 Å². The van der Waals surface area contributed by atoms with Crippen LogP contribution < -0.4 is 5.32 Å². The third kappa shape index (κ3) is 2.41. The Morgan fingerprint density at radius 1 is 1.30 bits per heavy atom. The summed E-state index contributed by atoms with van der Waals surface area (Å²) < 4.78 is 0. The third-order valence-electron chi connectivity index (χ3n) is 3.83. The van der Waals surface area contributed by atoms with Crippen molar-refractivity contribution < 1.29 is 14.7 Å². The maximum Gasteiger partial charge on any atom is 0.326 e. The minimum absolute atomic E-state index is 0.100. The van der Waals surface area contributed by atoms with Gasteiger partial charge in [0.2, 0.25) is 5.91 Å². The number of carbonyl (C=O) groups is 2. The molecule has 0 saturated carbocycles. The van der Waals surface area contributed by atoms with Crippen LogP contribution in [0.15, 0.2) is 24.3 Å². The van der Waals surface area contributed by atoms with Gasteiger partial charge >= 0.3 is 5.97 Å². The van der Waals surface area contributed by atoms with E-state index in [1.807, 2.05) is 24.3 Å². The Morgan fingerprint density at radius 3 is 2.70 bits per heavy atom. The highest BCUT2D eigenvalue weighted by molar-refractivity contribution is 7.99. The van der Waals surface area contributed by atoms with Gasteiger partial charge in [0.05, 0.1) is 6.04 Å². The molecule has 1 saturated heterocycles. The molecule has 20 heavy (non-hydrogen) atoms. The molecule has 0 aliphatic carbocycles. The van der Waals surface area contributed by atoms with Gasteiger partial charge in [-0.15, -0.1) is 11.8 Å². The Kier molecular flexibility index (Phi) is 3.67. The van der Waals surface area contributed by atoms with Crippen LogP contribution in [0.2, 0.25) is 0 Å². The number of aliphatic carboxylic acids is 1. The molecule has 1 aromatic rings. The Labute approximate surface area is 121 Å². The van der Waals surface area contributed by atoms with E-state index in [0.717, 1.165) is 17.0 Å². The molecule has 2 aliphatic rings. The second-order valence-corrected chi connectivity index (χ2v) is 6.10. The van der Waals surface area contributed by atoms with Crippen molar-refractivity contribution in [3.8, 4) is 0 Å². The molecule has 2 heterocycles. The highest BCUT2D eigenvalue weighted by Crippen LogP contribution is 2.25. The van der Waals surface area contributed by atoms with Crippen molar-refractivity contribution in [2.45, 2.75) is 25.0 Å². The number of amides is 1. The fraction of sp³-hybridized carbons (Fsp3) is 0.429. The summed E-state index contributed by atoms with van der Waals surface area (Å²) >= 11 is 1.66. The van der Waals surface area contributed by atoms with E-state index < -0.39 is 12.0 Å². The average molecular weight is 292 g/mol. The van der Waals surface area contributed by atoms with Crippen molar-refractivity contribution in [2.75, 3.05) is 11.6 Å². The number of benzene rings is 1.